The van der Waals surface area contributed by atoms with E-state index in [0.717, 1.165) is 11.3 Å². The maximum absolute atomic E-state index is 13.1. The first-order chi connectivity index (χ1) is 13.9. The van der Waals surface area contributed by atoms with Crippen LogP contribution in [0.15, 0.2) is 0 Å². The molecule has 4 amide bonds. The van der Waals surface area contributed by atoms with Gasteiger partial charge in [0.15, 0.2) is 6.61 Å². The van der Waals surface area contributed by atoms with Crippen molar-refractivity contribution in [2.45, 2.75) is 71.6 Å². The Labute approximate surface area is 177 Å². The number of rotatable bonds is 4. The van der Waals surface area contributed by atoms with Gasteiger partial charge in [-0.3, -0.25) is 19.3 Å². The quantitative estimate of drug-likeness (QED) is 0.540. The van der Waals surface area contributed by atoms with Gasteiger partial charge in [-0.2, -0.15) is 0 Å². The van der Waals surface area contributed by atoms with Gasteiger partial charge >= 0.3 is 12.0 Å². The van der Waals surface area contributed by atoms with Crippen molar-refractivity contribution in [2.24, 2.45) is 11.3 Å². The second-order valence-electron chi connectivity index (χ2n) is 9.97. The summed E-state index contributed by atoms with van der Waals surface area (Å²) in [4.78, 5) is 52.7. The summed E-state index contributed by atoms with van der Waals surface area (Å²) >= 11 is 0. The first kappa shape index (κ1) is 22.5. The van der Waals surface area contributed by atoms with Crippen molar-refractivity contribution in [3.05, 3.63) is 0 Å². The number of carbonyl (C=O) groups is 4. The van der Waals surface area contributed by atoms with Crippen molar-refractivity contribution in [1.29, 1.82) is 0 Å². The lowest BCUT2D eigenvalue weighted by molar-refractivity contribution is -0.158. The Morgan fingerprint density at radius 2 is 1.77 bits per heavy atom. The van der Waals surface area contributed by atoms with Gasteiger partial charge in [0.1, 0.15) is 12.1 Å². The van der Waals surface area contributed by atoms with Crippen molar-refractivity contribution in [3.8, 4) is 0 Å². The monoisotopic (exact) mass is 423 g/mol. The Balaban J connectivity index is 1.56. The number of carbonyl (C=O) groups excluding carboxylic acids is 4. The molecule has 168 valence electrons. The molecule has 2 heterocycles. The van der Waals surface area contributed by atoms with E-state index >= 15 is 0 Å². The fourth-order valence-electron chi connectivity index (χ4n) is 5.44. The second-order valence-corrected chi connectivity index (χ2v) is 9.97. The summed E-state index contributed by atoms with van der Waals surface area (Å²) in [6.45, 7) is 9.94. The molecule has 9 nitrogen and oxygen atoms in total. The zero-order valence-corrected chi connectivity index (χ0v) is 18.5. The molecule has 2 saturated heterocycles. The summed E-state index contributed by atoms with van der Waals surface area (Å²) in [6.07, 6.45) is 1.89. The first-order valence-corrected chi connectivity index (χ1v) is 10.6. The minimum Gasteiger partial charge on any atom is -0.454 e. The number of esters is 1. The highest BCUT2D eigenvalue weighted by molar-refractivity contribution is 6.08. The van der Waals surface area contributed by atoms with Crippen LogP contribution in [0.4, 0.5) is 4.79 Å². The minimum absolute atomic E-state index is 0.0855. The summed E-state index contributed by atoms with van der Waals surface area (Å²) < 4.78 is 10.7. The molecule has 9 heteroatoms. The zero-order chi connectivity index (χ0) is 22.3. The number of nitrogens with one attached hydrogen (secondary N) is 1. The van der Waals surface area contributed by atoms with Crippen LogP contribution in [0.25, 0.3) is 0 Å². The second kappa shape index (κ2) is 8.17. The third-order valence-electron chi connectivity index (χ3n) is 6.04. The average Bonchev–Trinajstić information content (AvgIpc) is 2.80. The average molecular weight is 424 g/mol. The van der Waals surface area contributed by atoms with Crippen molar-refractivity contribution < 1.29 is 28.7 Å². The Morgan fingerprint density at radius 3 is 2.37 bits per heavy atom. The lowest BCUT2D eigenvalue weighted by atomic mass is 9.64. The number of imide groups is 1. The maximum atomic E-state index is 13.1. The Hall–Kier alpha value is -2.16. The van der Waals surface area contributed by atoms with E-state index in [0.29, 0.717) is 25.9 Å². The molecule has 1 aliphatic carbocycles. The van der Waals surface area contributed by atoms with Crippen molar-refractivity contribution in [2.75, 3.05) is 26.2 Å². The van der Waals surface area contributed by atoms with Crippen molar-refractivity contribution >= 4 is 23.8 Å². The number of amides is 4. The van der Waals surface area contributed by atoms with E-state index in [1.54, 1.807) is 4.90 Å². The third kappa shape index (κ3) is 4.77. The van der Waals surface area contributed by atoms with E-state index in [2.05, 4.69) is 26.1 Å². The Morgan fingerprint density at radius 1 is 1.13 bits per heavy atom. The molecule has 4 atom stereocenters. The smallest absolute Gasteiger partial charge is 0.326 e. The number of nitrogens with zero attached hydrogens (tertiary/aromatic N) is 2. The van der Waals surface area contributed by atoms with Gasteiger partial charge in [0.05, 0.1) is 12.2 Å². The SMILES string of the molecule is C[C@@H]1CC(C)(C)C[C@]2(C1)NC(=O)N(CC(=O)OCC(=O)N1C[C@@H](C)O[C@@H](C)C1)C2=O. The van der Waals surface area contributed by atoms with Crippen LogP contribution in [-0.4, -0.2) is 77.6 Å². The van der Waals surface area contributed by atoms with Gasteiger partial charge in [0.25, 0.3) is 11.8 Å². The van der Waals surface area contributed by atoms with Crippen LogP contribution in [0.3, 0.4) is 0 Å². The van der Waals surface area contributed by atoms with E-state index in [4.69, 9.17) is 9.47 Å². The van der Waals surface area contributed by atoms with Crippen LogP contribution in [0.2, 0.25) is 0 Å². The lowest BCUT2D eigenvalue weighted by Gasteiger charge is -2.43. The number of hydrogen-bond donors (Lipinski definition) is 1. The third-order valence-corrected chi connectivity index (χ3v) is 6.04. The molecule has 3 rings (SSSR count). The summed E-state index contributed by atoms with van der Waals surface area (Å²) in [7, 11) is 0. The molecule has 0 aromatic rings. The summed E-state index contributed by atoms with van der Waals surface area (Å²) in [5.41, 5.74) is -1.05. The van der Waals surface area contributed by atoms with E-state index in [1.807, 2.05) is 13.8 Å². The highest BCUT2D eigenvalue weighted by atomic mass is 16.5. The molecular formula is C21H33N3O6. The summed E-state index contributed by atoms with van der Waals surface area (Å²) in [5, 5.41) is 2.83. The number of ether oxygens (including phenoxy) is 2. The number of urea groups is 1. The standard InChI is InChI=1S/C21H33N3O6/c1-13-6-20(4,5)12-21(7-13)18(27)24(19(28)22-21)10-17(26)29-11-16(25)23-8-14(2)30-15(3)9-23/h13-15H,6-12H2,1-5H3,(H,22,28)/t13-,14-,15+,21+/m1/s1. The molecular weight excluding hydrogens is 390 g/mol. The highest BCUT2D eigenvalue weighted by Gasteiger charge is 2.56. The molecule has 0 unspecified atom stereocenters. The zero-order valence-electron chi connectivity index (χ0n) is 18.5. The normalized spacial score (nSPS) is 33.6. The van der Waals surface area contributed by atoms with Crippen molar-refractivity contribution in [1.82, 2.24) is 15.1 Å². The van der Waals surface area contributed by atoms with Crippen LogP contribution in [0, 0.1) is 11.3 Å². The van der Waals surface area contributed by atoms with Crippen LogP contribution in [-0.2, 0) is 23.9 Å². The van der Waals surface area contributed by atoms with Gasteiger partial charge in [-0.25, -0.2) is 4.79 Å². The highest BCUT2D eigenvalue weighted by Crippen LogP contribution is 2.46. The Kier molecular flexibility index (Phi) is 6.13. The maximum Gasteiger partial charge on any atom is 0.326 e. The van der Waals surface area contributed by atoms with Gasteiger partial charge in [0.2, 0.25) is 0 Å². The van der Waals surface area contributed by atoms with Crippen LogP contribution in [0.1, 0.15) is 53.9 Å². The van der Waals surface area contributed by atoms with E-state index < -0.39 is 30.7 Å². The molecule has 1 spiro atoms. The van der Waals surface area contributed by atoms with Gasteiger partial charge in [-0.1, -0.05) is 20.8 Å². The molecule has 1 N–H and O–H groups in total. The van der Waals surface area contributed by atoms with Crippen molar-refractivity contribution in [3.63, 3.8) is 0 Å². The summed E-state index contributed by atoms with van der Waals surface area (Å²) in [5.74, 6) is -1.20. The van der Waals surface area contributed by atoms with E-state index in [9.17, 15) is 19.2 Å². The predicted octanol–water partition coefficient (Wildman–Crippen LogP) is 1.30. The molecule has 0 aromatic heterocycles. The largest absolute Gasteiger partial charge is 0.454 e. The molecule has 30 heavy (non-hydrogen) atoms. The fraction of sp³-hybridized carbons (Fsp3) is 0.810. The van der Waals surface area contributed by atoms with Gasteiger partial charge in [0, 0.05) is 13.1 Å². The molecule has 0 bridgehead atoms. The first-order valence-electron chi connectivity index (χ1n) is 10.6. The predicted molar refractivity (Wildman–Crippen MR) is 107 cm³/mol. The van der Waals surface area contributed by atoms with Gasteiger partial charge in [-0.05, 0) is 44.4 Å². The molecule has 3 fully saturated rings. The van der Waals surface area contributed by atoms with Crippen LogP contribution in [0.5, 0.6) is 0 Å². The van der Waals surface area contributed by atoms with Crippen LogP contribution < -0.4 is 5.32 Å². The lowest BCUT2D eigenvalue weighted by Crippen LogP contribution is -2.54. The fourth-order valence-corrected chi connectivity index (χ4v) is 5.44. The molecule has 2 aliphatic heterocycles. The molecule has 0 aromatic carbocycles. The molecule has 1 saturated carbocycles. The topological polar surface area (TPSA) is 105 Å². The Bertz CT molecular complexity index is 728. The van der Waals surface area contributed by atoms with E-state index in [1.165, 1.54) is 0 Å². The summed E-state index contributed by atoms with van der Waals surface area (Å²) in [6, 6.07) is -0.580. The van der Waals surface area contributed by atoms with Gasteiger partial charge < -0.3 is 19.7 Å². The minimum atomic E-state index is -0.964. The molecule has 0 radical (unpaired) electrons. The van der Waals surface area contributed by atoms with Crippen LogP contribution >= 0.6 is 0 Å². The molecule has 3 aliphatic rings. The van der Waals surface area contributed by atoms with E-state index in [-0.39, 0.29) is 35.4 Å². The number of hydrogen-bond acceptors (Lipinski definition) is 6. The number of morpholine rings is 1. The van der Waals surface area contributed by atoms with Gasteiger partial charge in [-0.15, -0.1) is 0 Å².